The highest BCUT2D eigenvalue weighted by Crippen LogP contribution is 2.14. The van der Waals surface area contributed by atoms with Crippen molar-refractivity contribution < 1.29 is 14.6 Å². The van der Waals surface area contributed by atoms with Crippen molar-refractivity contribution in [1.29, 1.82) is 0 Å². The first-order valence-corrected chi connectivity index (χ1v) is 17.0. The van der Waals surface area contributed by atoms with Gasteiger partial charge in [-0.2, -0.15) is 0 Å². The van der Waals surface area contributed by atoms with Crippen molar-refractivity contribution in [1.82, 2.24) is 4.90 Å². The van der Waals surface area contributed by atoms with E-state index in [0.29, 0.717) is 0 Å². The fourth-order valence-electron chi connectivity index (χ4n) is 5.30. The monoisotopic (exact) mass is 538 g/mol. The number of hydrogen-bond donors (Lipinski definition) is 1. The zero-order chi connectivity index (χ0) is 27.4. The lowest BCUT2D eigenvalue weighted by atomic mass is 10.1. The van der Waals surface area contributed by atoms with Crippen LogP contribution in [0.1, 0.15) is 162 Å². The van der Waals surface area contributed by atoms with Gasteiger partial charge >= 0.3 is 0 Å². The van der Waals surface area contributed by atoms with Gasteiger partial charge in [-0.1, -0.05) is 122 Å². The topological polar surface area (TPSA) is 41.9 Å². The molecule has 0 aromatic rings. The van der Waals surface area contributed by atoms with Crippen LogP contribution in [0.15, 0.2) is 12.2 Å². The number of likely N-dealkylation sites (tertiary alicyclic amines) is 1. The number of nitrogens with zero attached hydrogens (tertiary/aromatic N) is 1. The third-order valence-corrected chi connectivity index (χ3v) is 7.98. The second kappa shape index (κ2) is 28.1. The fraction of sp³-hybridized carbons (Fsp3) is 0.941. The lowest BCUT2D eigenvalue weighted by Gasteiger charge is -2.32. The van der Waals surface area contributed by atoms with Crippen molar-refractivity contribution in [2.75, 3.05) is 32.8 Å². The fourth-order valence-corrected chi connectivity index (χ4v) is 5.30. The summed E-state index contributed by atoms with van der Waals surface area (Å²) in [4.78, 5) is 2.41. The van der Waals surface area contributed by atoms with Crippen LogP contribution in [0.25, 0.3) is 0 Å². The summed E-state index contributed by atoms with van der Waals surface area (Å²) in [5.41, 5.74) is 0. The van der Waals surface area contributed by atoms with Gasteiger partial charge < -0.3 is 14.6 Å². The molecule has 1 heterocycles. The molecule has 0 radical (unpaired) electrons. The van der Waals surface area contributed by atoms with Crippen LogP contribution in [-0.4, -0.2) is 55.2 Å². The average Bonchev–Trinajstić information content (AvgIpc) is 2.93. The maximum absolute atomic E-state index is 9.82. The number of rotatable bonds is 28. The van der Waals surface area contributed by atoms with E-state index in [4.69, 9.17) is 9.47 Å². The molecule has 0 bridgehead atoms. The Bertz CT molecular complexity index is 490. The normalized spacial score (nSPS) is 16.1. The Kier molecular flexibility index (Phi) is 26.3. The molecule has 0 spiro atoms. The molecule has 4 heteroatoms. The van der Waals surface area contributed by atoms with E-state index in [9.17, 15) is 5.11 Å². The molecule has 1 aliphatic rings. The quantitative estimate of drug-likeness (QED) is 0.0613. The Balaban J connectivity index is 2.04. The van der Waals surface area contributed by atoms with E-state index in [2.05, 4.69) is 30.9 Å². The standard InChI is InChI=1S/C34H67NO3/c1-3-5-7-9-11-13-14-15-16-17-18-19-21-23-25-31-38-34(32-35-28-26-33(36)27-29-35)37-30-24-22-20-12-10-8-6-4-2/h11,13,33-34,36H,3-10,12,14-32H2,1-2H3. The molecule has 0 saturated carbocycles. The Morgan fingerprint density at radius 1 is 0.605 bits per heavy atom. The largest absolute Gasteiger partial charge is 0.393 e. The number of unbranched alkanes of at least 4 members (excludes halogenated alkanes) is 18. The summed E-state index contributed by atoms with van der Waals surface area (Å²) in [5.74, 6) is 0. The van der Waals surface area contributed by atoms with Gasteiger partial charge in [0.1, 0.15) is 0 Å². The summed E-state index contributed by atoms with van der Waals surface area (Å²) >= 11 is 0. The van der Waals surface area contributed by atoms with E-state index < -0.39 is 0 Å². The van der Waals surface area contributed by atoms with Crippen molar-refractivity contribution in [3.05, 3.63) is 12.2 Å². The number of allylic oxidation sites excluding steroid dienone is 2. The first kappa shape index (κ1) is 35.6. The SMILES string of the molecule is CCCCCC=CCCCCCCCCCCOC(CN1CCC(O)CC1)OCCCCCCCCCC. The summed E-state index contributed by atoms with van der Waals surface area (Å²) < 4.78 is 12.4. The predicted molar refractivity (Wildman–Crippen MR) is 165 cm³/mol. The van der Waals surface area contributed by atoms with Crippen LogP contribution < -0.4 is 0 Å². The molecule has 0 aromatic heterocycles. The Morgan fingerprint density at radius 2 is 1.00 bits per heavy atom. The zero-order valence-corrected chi connectivity index (χ0v) is 25.8. The molecule has 1 saturated heterocycles. The van der Waals surface area contributed by atoms with Gasteiger partial charge in [0.25, 0.3) is 0 Å². The second-order valence-corrected chi connectivity index (χ2v) is 11.8. The Hall–Kier alpha value is -0.420. The van der Waals surface area contributed by atoms with Gasteiger partial charge in [0.2, 0.25) is 0 Å². The third-order valence-electron chi connectivity index (χ3n) is 7.98. The molecule has 4 nitrogen and oxygen atoms in total. The van der Waals surface area contributed by atoms with E-state index in [1.807, 2.05) is 0 Å². The number of aliphatic hydroxyl groups excluding tert-OH is 1. The van der Waals surface area contributed by atoms with Crippen molar-refractivity contribution >= 4 is 0 Å². The summed E-state index contributed by atoms with van der Waals surface area (Å²) in [6, 6.07) is 0. The van der Waals surface area contributed by atoms with E-state index in [0.717, 1.165) is 58.5 Å². The molecule has 1 atom stereocenters. The first-order valence-electron chi connectivity index (χ1n) is 17.0. The van der Waals surface area contributed by atoms with E-state index in [1.54, 1.807) is 0 Å². The van der Waals surface area contributed by atoms with E-state index in [-0.39, 0.29) is 12.4 Å². The summed E-state index contributed by atoms with van der Waals surface area (Å²) in [6.45, 7) is 8.92. The van der Waals surface area contributed by atoms with E-state index in [1.165, 1.54) is 122 Å². The smallest absolute Gasteiger partial charge is 0.170 e. The molecule has 1 unspecified atom stereocenters. The molecule has 0 aromatic carbocycles. The zero-order valence-electron chi connectivity index (χ0n) is 25.8. The van der Waals surface area contributed by atoms with Crippen LogP contribution in [0.2, 0.25) is 0 Å². The lowest BCUT2D eigenvalue weighted by molar-refractivity contribution is -0.157. The van der Waals surface area contributed by atoms with Crippen molar-refractivity contribution in [3.8, 4) is 0 Å². The molecule has 1 rings (SSSR count). The average molecular weight is 538 g/mol. The van der Waals surface area contributed by atoms with Crippen LogP contribution in [0.4, 0.5) is 0 Å². The summed E-state index contributed by atoms with van der Waals surface area (Å²) in [6.07, 6.45) is 34.1. The van der Waals surface area contributed by atoms with Gasteiger partial charge in [-0.05, 0) is 51.4 Å². The molecule has 1 N–H and O–H groups in total. The Labute approximate surface area is 238 Å². The van der Waals surface area contributed by atoms with Crippen molar-refractivity contribution in [3.63, 3.8) is 0 Å². The molecule has 1 aliphatic heterocycles. The van der Waals surface area contributed by atoms with Gasteiger partial charge in [0.05, 0.1) is 6.10 Å². The Morgan fingerprint density at radius 3 is 1.50 bits per heavy atom. The molecular weight excluding hydrogens is 470 g/mol. The van der Waals surface area contributed by atoms with Crippen LogP contribution in [0.3, 0.4) is 0 Å². The maximum atomic E-state index is 9.82. The second-order valence-electron chi connectivity index (χ2n) is 11.8. The van der Waals surface area contributed by atoms with Crippen LogP contribution in [-0.2, 0) is 9.47 Å². The third kappa shape index (κ3) is 23.5. The highest BCUT2D eigenvalue weighted by molar-refractivity contribution is 4.81. The minimum absolute atomic E-state index is 0.115. The van der Waals surface area contributed by atoms with Gasteiger partial charge in [-0.3, -0.25) is 4.90 Å². The molecule has 1 fully saturated rings. The molecule has 38 heavy (non-hydrogen) atoms. The highest BCUT2D eigenvalue weighted by Gasteiger charge is 2.21. The number of hydrogen-bond acceptors (Lipinski definition) is 4. The number of aliphatic hydroxyl groups is 1. The van der Waals surface area contributed by atoms with Crippen LogP contribution >= 0.6 is 0 Å². The molecule has 0 aliphatic carbocycles. The van der Waals surface area contributed by atoms with Gasteiger partial charge in [-0.15, -0.1) is 0 Å². The lowest BCUT2D eigenvalue weighted by Crippen LogP contribution is -2.42. The van der Waals surface area contributed by atoms with E-state index >= 15 is 0 Å². The van der Waals surface area contributed by atoms with Crippen molar-refractivity contribution in [2.45, 2.75) is 174 Å². The minimum Gasteiger partial charge on any atom is -0.393 e. The number of ether oxygens (including phenoxy) is 2. The van der Waals surface area contributed by atoms with Crippen LogP contribution in [0, 0.1) is 0 Å². The molecule has 226 valence electrons. The van der Waals surface area contributed by atoms with Gasteiger partial charge in [-0.25, -0.2) is 0 Å². The highest BCUT2D eigenvalue weighted by atomic mass is 16.7. The summed E-state index contributed by atoms with van der Waals surface area (Å²) in [5, 5.41) is 9.82. The molecule has 0 amide bonds. The summed E-state index contributed by atoms with van der Waals surface area (Å²) in [7, 11) is 0. The minimum atomic E-state index is -0.124. The van der Waals surface area contributed by atoms with Crippen LogP contribution in [0.5, 0.6) is 0 Å². The van der Waals surface area contributed by atoms with Gasteiger partial charge in [0, 0.05) is 32.8 Å². The van der Waals surface area contributed by atoms with Crippen molar-refractivity contribution in [2.24, 2.45) is 0 Å². The first-order chi connectivity index (χ1) is 18.8. The maximum Gasteiger partial charge on any atom is 0.170 e. The molecular formula is C34H67NO3. The van der Waals surface area contributed by atoms with Gasteiger partial charge in [0.15, 0.2) is 6.29 Å². The number of piperidine rings is 1. The predicted octanol–water partition coefficient (Wildman–Crippen LogP) is 9.59.